The van der Waals surface area contributed by atoms with Crippen LogP contribution in [0, 0.1) is 0 Å². The molecule has 1 N–H and O–H groups in total. The van der Waals surface area contributed by atoms with E-state index in [-0.39, 0.29) is 17.5 Å². The molecule has 0 saturated carbocycles. The van der Waals surface area contributed by atoms with Crippen LogP contribution in [0.15, 0.2) is 62.6 Å². The molecule has 7 heteroatoms. The molecule has 6 nitrogen and oxygen atoms in total. The SMILES string of the molecule is CC(C)N(Cc1ccccc1)S(=O)(=O)c1ccc2oc(=O)[nH]c2c1. The lowest BCUT2D eigenvalue weighted by atomic mass is 10.2. The highest BCUT2D eigenvalue weighted by molar-refractivity contribution is 7.89. The van der Waals surface area contributed by atoms with Gasteiger partial charge in [0.25, 0.3) is 0 Å². The van der Waals surface area contributed by atoms with Crippen LogP contribution < -0.4 is 5.76 Å². The van der Waals surface area contributed by atoms with E-state index in [4.69, 9.17) is 4.42 Å². The molecular formula is C17H18N2O4S. The summed E-state index contributed by atoms with van der Waals surface area (Å²) >= 11 is 0. The normalized spacial score (nSPS) is 12.3. The molecule has 0 spiro atoms. The average Bonchev–Trinajstić information content (AvgIpc) is 2.92. The Labute approximate surface area is 139 Å². The van der Waals surface area contributed by atoms with Gasteiger partial charge in [-0.25, -0.2) is 13.2 Å². The topological polar surface area (TPSA) is 83.4 Å². The van der Waals surface area contributed by atoms with Crippen molar-refractivity contribution in [2.75, 3.05) is 0 Å². The van der Waals surface area contributed by atoms with E-state index < -0.39 is 15.8 Å². The molecule has 0 aliphatic rings. The monoisotopic (exact) mass is 346 g/mol. The third kappa shape index (κ3) is 3.13. The number of oxazole rings is 1. The van der Waals surface area contributed by atoms with E-state index >= 15 is 0 Å². The van der Waals surface area contributed by atoms with Crippen LogP contribution in [0.25, 0.3) is 11.1 Å². The maximum atomic E-state index is 13.0. The van der Waals surface area contributed by atoms with Gasteiger partial charge in [0.2, 0.25) is 10.0 Å². The first kappa shape index (κ1) is 16.5. The molecule has 0 bridgehead atoms. The predicted molar refractivity (Wildman–Crippen MR) is 91.1 cm³/mol. The summed E-state index contributed by atoms with van der Waals surface area (Å²) in [6.07, 6.45) is 0. The largest absolute Gasteiger partial charge is 0.417 e. The predicted octanol–water partition coefficient (Wildman–Crippen LogP) is 2.72. The number of hydrogen-bond acceptors (Lipinski definition) is 4. The van der Waals surface area contributed by atoms with Crippen LogP contribution in [0.5, 0.6) is 0 Å². The Bertz CT molecular complexity index is 1000. The summed E-state index contributed by atoms with van der Waals surface area (Å²) in [6.45, 7) is 3.94. The summed E-state index contributed by atoms with van der Waals surface area (Å²) in [4.78, 5) is 13.9. The van der Waals surface area contributed by atoms with Crippen molar-refractivity contribution in [2.24, 2.45) is 0 Å². The number of sulfonamides is 1. The zero-order chi connectivity index (χ0) is 17.3. The van der Waals surface area contributed by atoms with Crippen molar-refractivity contribution in [3.05, 3.63) is 64.6 Å². The Morgan fingerprint density at radius 2 is 1.83 bits per heavy atom. The van der Waals surface area contributed by atoms with Gasteiger partial charge in [-0.3, -0.25) is 4.98 Å². The number of nitrogens with zero attached hydrogens (tertiary/aromatic N) is 1. The minimum Gasteiger partial charge on any atom is -0.408 e. The van der Waals surface area contributed by atoms with Gasteiger partial charge in [0.15, 0.2) is 5.58 Å². The number of aromatic amines is 1. The van der Waals surface area contributed by atoms with Crippen LogP contribution >= 0.6 is 0 Å². The fraction of sp³-hybridized carbons (Fsp3) is 0.235. The number of fused-ring (bicyclic) bond motifs is 1. The van der Waals surface area contributed by atoms with Crippen molar-refractivity contribution < 1.29 is 12.8 Å². The third-order valence-electron chi connectivity index (χ3n) is 3.75. The first-order valence-corrected chi connectivity index (χ1v) is 9.00. The molecule has 3 rings (SSSR count). The van der Waals surface area contributed by atoms with Gasteiger partial charge in [-0.1, -0.05) is 30.3 Å². The lowest BCUT2D eigenvalue weighted by Gasteiger charge is -2.26. The molecule has 1 aromatic heterocycles. The van der Waals surface area contributed by atoms with E-state index in [1.807, 2.05) is 44.2 Å². The first-order chi connectivity index (χ1) is 11.4. The number of nitrogens with one attached hydrogen (secondary N) is 1. The average molecular weight is 346 g/mol. The minimum atomic E-state index is -3.71. The molecule has 0 unspecified atom stereocenters. The van der Waals surface area contributed by atoms with E-state index in [2.05, 4.69) is 4.98 Å². The Morgan fingerprint density at radius 1 is 1.12 bits per heavy atom. The summed E-state index contributed by atoms with van der Waals surface area (Å²) in [5.41, 5.74) is 1.61. The van der Waals surface area contributed by atoms with E-state index in [1.165, 1.54) is 22.5 Å². The van der Waals surface area contributed by atoms with Crippen LogP contribution in [0.3, 0.4) is 0 Å². The van der Waals surface area contributed by atoms with Crippen LogP contribution in [-0.2, 0) is 16.6 Å². The van der Waals surface area contributed by atoms with Crippen LogP contribution in [0.2, 0.25) is 0 Å². The standard InChI is InChI=1S/C17H18N2O4S/c1-12(2)19(11-13-6-4-3-5-7-13)24(21,22)14-8-9-16-15(10-14)18-17(20)23-16/h3-10,12H,11H2,1-2H3,(H,18,20). The molecule has 0 radical (unpaired) electrons. The number of hydrogen-bond donors (Lipinski definition) is 1. The molecule has 0 saturated heterocycles. The van der Waals surface area contributed by atoms with Gasteiger partial charge in [-0.15, -0.1) is 0 Å². The van der Waals surface area contributed by atoms with Gasteiger partial charge in [0.05, 0.1) is 10.4 Å². The molecule has 24 heavy (non-hydrogen) atoms. The molecule has 0 atom stereocenters. The highest BCUT2D eigenvalue weighted by Gasteiger charge is 2.27. The number of H-pyrrole nitrogens is 1. The highest BCUT2D eigenvalue weighted by atomic mass is 32.2. The molecule has 0 amide bonds. The van der Waals surface area contributed by atoms with E-state index in [0.29, 0.717) is 11.1 Å². The van der Waals surface area contributed by atoms with E-state index in [0.717, 1.165) is 5.56 Å². The summed E-state index contributed by atoms with van der Waals surface area (Å²) in [7, 11) is -3.71. The summed E-state index contributed by atoms with van der Waals surface area (Å²) in [5.74, 6) is -0.607. The molecule has 1 heterocycles. The number of aromatic nitrogens is 1. The van der Waals surface area contributed by atoms with Gasteiger partial charge < -0.3 is 4.42 Å². The van der Waals surface area contributed by atoms with Gasteiger partial charge in [0.1, 0.15) is 0 Å². The molecule has 126 valence electrons. The Kier molecular flexibility index (Phi) is 4.29. The summed E-state index contributed by atoms with van der Waals surface area (Å²) in [6, 6.07) is 13.6. The Hall–Kier alpha value is -2.38. The fourth-order valence-electron chi connectivity index (χ4n) is 2.54. The smallest absolute Gasteiger partial charge is 0.408 e. The maximum absolute atomic E-state index is 13.0. The van der Waals surface area contributed by atoms with Crippen LogP contribution in [0.4, 0.5) is 0 Å². The number of rotatable bonds is 5. The minimum absolute atomic E-state index is 0.122. The van der Waals surface area contributed by atoms with Crippen molar-refractivity contribution >= 4 is 21.1 Å². The first-order valence-electron chi connectivity index (χ1n) is 7.56. The van der Waals surface area contributed by atoms with Crippen molar-refractivity contribution in [3.63, 3.8) is 0 Å². The second-order valence-corrected chi connectivity index (χ2v) is 7.69. The summed E-state index contributed by atoms with van der Waals surface area (Å²) < 4.78 is 32.4. The molecule has 0 fully saturated rings. The van der Waals surface area contributed by atoms with Gasteiger partial charge in [0, 0.05) is 12.6 Å². The fourth-order valence-corrected chi connectivity index (χ4v) is 4.19. The van der Waals surface area contributed by atoms with Crippen LogP contribution in [0.1, 0.15) is 19.4 Å². The summed E-state index contributed by atoms with van der Waals surface area (Å²) in [5, 5.41) is 0. The number of benzene rings is 2. The van der Waals surface area contributed by atoms with Gasteiger partial charge >= 0.3 is 5.76 Å². The van der Waals surface area contributed by atoms with E-state index in [9.17, 15) is 13.2 Å². The zero-order valence-corrected chi connectivity index (χ0v) is 14.2. The second kappa shape index (κ2) is 6.26. The molecule has 2 aromatic carbocycles. The molecule has 3 aromatic rings. The zero-order valence-electron chi connectivity index (χ0n) is 13.4. The lowest BCUT2D eigenvalue weighted by molar-refractivity contribution is 0.348. The van der Waals surface area contributed by atoms with Crippen molar-refractivity contribution in [2.45, 2.75) is 31.3 Å². The molecule has 0 aliphatic carbocycles. The Morgan fingerprint density at radius 3 is 2.50 bits per heavy atom. The van der Waals surface area contributed by atoms with Crippen molar-refractivity contribution in [3.8, 4) is 0 Å². The van der Waals surface area contributed by atoms with Crippen molar-refractivity contribution in [1.82, 2.24) is 9.29 Å². The molecule has 0 aliphatic heterocycles. The van der Waals surface area contributed by atoms with Crippen LogP contribution in [-0.4, -0.2) is 23.7 Å². The van der Waals surface area contributed by atoms with Crippen molar-refractivity contribution in [1.29, 1.82) is 0 Å². The maximum Gasteiger partial charge on any atom is 0.417 e. The third-order valence-corrected chi connectivity index (χ3v) is 5.77. The highest BCUT2D eigenvalue weighted by Crippen LogP contribution is 2.23. The lowest BCUT2D eigenvalue weighted by Crippen LogP contribution is -2.36. The van der Waals surface area contributed by atoms with Gasteiger partial charge in [-0.2, -0.15) is 4.31 Å². The van der Waals surface area contributed by atoms with E-state index in [1.54, 1.807) is 0 Å². The quantitative estimate of drug-likeness (QED) is 0.770. The van der Waals surface area contributed by atoms with Gasteiger partial charge in [-0.05, 0) is 37.6 Å². The molecular weight excluding hydrogens is 328 g/mol. The second-order valence-electron chi connectivity index (χ2n) is 5.80. The Balaban J connectivity index is 2.02.